The molecule has 112 valence electrons. The van der Waals surface area contributed by atoms with Gasteiger partial charge < -0.3 is 4.57 Å². The maximum atomic E-state index is 4.37. The minimum absolute atomic E-state index is 0.408. The monoisotopic (exact) mass is 298 g/mol. The predicted molar refractivity (Wildman–Crippen MR) is 94.8 cm³/mol. The first kappa shape index (κ1) is 12.9. The van der Waals surface area contributed by atoms with Gasteiger partial charge in [-0.15, -0.1) is 0 Å². The van der Waals surface area contributed by atoms with Gasteiger partial charge in [-0.1, -0.05) is 42.5 Å². The van der Waals surface area contributed by atoms with Crippen molar-refractivity contribution in [3.63, 3.8) is 0 Å². The first-order valence-electron chi connectivity index (χ1n) is 8.32. The molecule has 0 fully saturated rings. The van der Waals surface area contributed by atoms with E-state index in [1.807, 2.05) is 12.5 Å². The summed E-state index contributed by atoms with van der Waals surface area (Å²) >= 11 is 0. The van der Waals surface area contributed by atoms with Crippen molar-refractivity contribution in [3.05, 3.63) is 78.4 Å². The molecule has 0 aliphatic carbocycles. The number of benzene rings is 3. The number of nitrogens with zero attached hydrogens (tertiary/aromatic N) is 2. The van der Waals surface area contributed by atoms with E-state index in [0.717, 1.165) is 6.42 Å². The van der Waals surface area contributed by atoms with Crippen LogP contribution in [0.4, 0.5) is 0 Å². The van der Waals surface area contributed by atoms with Gasteiger partial charge in [0.25, 0.3) is 0 Å². The van der Waals surface area contributed by atoms with Crippen molar-refractivity contribution in [2.24, 2.45) is 0 Å². The van der Waals surface area contributed by atoms with Crippen LogP contribution in [0.25, 0.3) is 21.5 Å². The zero-order valence-corrected chi connectivity index (χ0v) is 12.9. The Labute approximate surface area is 135 Å². The van der Waals surface area contributed by atoms with Crippen LogP contribution in [0.3, 0.4) is 0 Å². The van der Waals surface area contributed by atoms with Crippen LogP contribution in [0.2, 0.25) is 0 Å². The summed E-state index contributed by atoms with van der Waals surface area (Å²) in [6.07, 6.45) is 7.59. The maximum Gasteiger partial charge on any atom is 0.0953 e. The maximum absolute atomic E-state index is 4.37. The second-order valence-corrected chi connectivity index (χ2v) is 6.47. The number of hydrogen-bond donors (Lipinski definition) is 0. The average Bonchev–Trinajstić information content (AvgIpc) is 3.08. The highest BCUT2D eigenvalue weighted by Gasteiger charge is 2.22. The molecule has 0 bridgehead atoms. The molecule has 1 unspecified atom stereocenters. The first-order chi connectivity index (χ1) is 11.4. The highest BCUT2D eigenvalue weighted by molar-refractivity contribution is 5.99. The molecule has 1 atom stereocenters. The average molecular weight is 298 g/mol. The van der Waals surface area contributed by atoms with E-state index < -0.39 is 0 Å². The van der Waals surface area contributed by atoms with Gasteiger partial charge >= 0.3 is 0 Å². The van der Waals surface area contributed by atoms with Gasteiger partial charge in [-0.05, 0) is 58.5 Å². The molecule has 0 amide bonds. The molecule has 0 spiro atoms. The van der Waals surface area contributed by atoms with Crippen molar-refractivity contribution in [2.75, 3.05) is 0 Å². The van der Waals surface area contributed by atoms with Gasteiger partial charge in [-0.25, -0.2) is 4.98 Å². The van der Waals surface area contributed by atoms with Gasteiger partial charge in [0.2, 0.25) is 0 Å². The zero-order chi connectivity index (χ0) is 15.2. The molecule has 23 heavy (non-hydrogen) atoms. The van der Waals surface area contributed by atoms with Crippen LogP contribution in [-0.2, 0) is 6.42 Å². The molecule has 5 rings (SSSR count). The van der Waals surface area contributed by atoms with Crippen molar-refractivity contribution >= 4 is 21.5 Å². The minimum atomic E-state index is 0.408. The number of aromatic nitrogens is 2. The molecule has 0 N–H and O–H groups in total. The molecule has 4 aromatic rings. The van der Waals surface area contributed by atoms with Crippen LogP contribution >= 0.6 is 0 Å². The standard InChI is InChI=1S/C21H18N2/c1-2-6-16-12-20-17(11-15(16)5-1)7-3-9-19(20)21-10-4-8-18-13-22-14-23(18)21/h1-3,5-7,9,11-14,21H,4,8,10H2. The van der Waals surface area contributed by atoms with Crippen molar-refractivity contribution in [3.8, 4) is 0 Å². The van der Waals surface area contributed by atoms with Gasteiger partial charge in [0.1, 0.15) is 0 Å². The molecular formula is C21H18N2. The molecule has 3 aromatic carbocycles. The van der Waals surface area contributed by atoms with Crippen molar-refractivity contribution in [2.45, 2.75) is 25.3 Å². The van der Waals surface area contributed by atoms with E-state index in [-0.39, 0.29) is 0 Å². The fourth-order valence-corrected chi connectivity index (χ4v) is 4.01. The van der Waals surface area contributed by atoms with Crippen molar-refractivity contribution in [1.29, 1.82) is 0 Å². The second-order valence-electron chi connectivity index (χ2n) is 6.47. The summed E-state index contributed by atoms with van der Waals surface area (Å²) in [5.41, 5.74) is 2.78. The van der Waals surface area contributed by atoms with E-state index in [1.165, 1.54) is 45.6 Å². The SMILES string of the molecule is c1ccc2cc3c(C4CCCc5cncn54)cccc3cc2c1. The molecule has 2 heteroatoms. The zero-order valence-electron chi connectivity index (χ0n) is 12.9. The fourth-order valence-electron chi connectivity index (χ4n) is 4.01. The molecule has 1 aliphatic heterocycles. The fraction of sp³-hybridized carbons (Fsp3) is 0.190. The molecule has 0 radical (unpaired) electrons. The summed E-state index contributed by atoms with van der Waals surface area (Å²) in [6, 6.07) is 20.4. The van der Waals surface area contributed by atoms with E-state index in [1.54, 1.807) is 0 Å². The number of fused-ring (bicyclic) bond motifs is 3. The Kier molecular flexibility index (Phi) is 2.77. The smallest absolute Gasteiger partial charge is 0.0953 e. The molecule has 0 saturated heterocycles. The van der Waals surface area contributed by atoms with Crippen molar-refractivity contribution < 1.29 is 0 Å². The topological polar surface area (TPSA) is 17.8 Å². The van der Waals surface area contributed by atoms with Crippen molar-refractivity contribution in [1.82, 2.24) is 9.55 Å². The third kappa shape index (κ3) is 1.98. The number of aryl methyl sites for hydroxylation is 1. The summed E-state index contributed by atoms with van der Waals surface area (Å²) < 4.78 is 2.37. The van der Waals surface area contributed by atoms with E-state index in [9.17, 15) is 0 Å². The normalized spacial score (nSPS) is 17.5. The van der Waals surface area contributed by atoms with Gasteiger partial charge in [-0.3, -0.25) is 0 Å². The Balaban J connectivity index is 1.78. The predicted octanol–water partition coefficient (Wildman–Crippen LogP) is 5.12. The minimum Gasteiger partial charge on any atom is -0.327 e. The number of imidazole rings is 1. The molecular weight excluding hydrogens is 280 g/mol. The summed E-state index contributed by atoms with van der Waals surface area (Å²) in [5.74, 6) is 0. The summed E-state index contributed by atoms with van der Waals surface area (Å²) in [4.78, 5) is 4.37. The third-order valence-corrected chi connectivity index (χ3v) is 5.13. The van der Waals surface area contributed by atoms with Crippen LogP contribution < -0.4 is 0 Å². The Morgan fingerprint density at radius 3 is 2.65 bits per heavy atom. The van der Waals surface area contributed by atoms with E-state index in [4.69, 9.17) is 0 Å². The lowest BCUT2D eigenvalue weighted by atomic mass is 9.91. The van der Waals surface area contributed by atoms with Gasteiger partial charge in [0.15, 0.2) is 0 Å². The highest BCUT2D eigenvalue weighted by Crippen LogP contribution is 2.35. The Bertz CT molecular complexity index is 1010. The van der Waals surface area contributed by atoms with Crippen LogP contribution in [0.5, 0.6) is 0 Å². The van der Waals surface area contributed by atoms with Crippen LogP contribution in [0, 0.1) is 0 Å². The Morgan fingerprint density at radius 1 is 0.913 bits per heavy atom. The third-order valence-electron chi connectivity index (χ3n) is 5.13. The van der Waals surface area contributed by atoms with Crippen LogP contribution in [0.1, 0.15) is 30.1 Å². The van der Waals surface area contributed by atoms with Crippen LogP contribution in [0.15, 0.2) is 67.1 Å². The van der Waals surface area contributed by atoms with E-state index in [2.05, 4.69) is 64.1 Å². The molecule has 2 heterocycles. The largest absolute Gasteiger partial charge is 0.327 e. The summed E-state index contributed by atoms with van der Waals surface area (Å²) in [5, 5.41) is 5.32. The summed E-state index contributed by atoms with van der Waals surface area (Å²) in [7, 11) is 0. The quantitative estimate of drug-likeness (QED) is 0.446. The lowest BCUT2D eigenvalue weighted by molar-refractivity contribution is 0.460. The van der Waals surface area contributed by atoms with Gasteiger partial charge in [0, 0.05) is 11.9 Å². The molecule has 1 aliphatic rings. The van der Waals surface area contributed by atoms with Gasteiger partial charge in [0.05, 0.1) is 12.4 Å². The second kappa shape index (κ2) is 4.95. The first-order valence-corrected chi connectivity index (χ1v) is 8.32. The molecule has 2 nitrogen and oxygen atoms in total. The lowest BCUT2D eigenvalue weighted by Crippen LogP contribution is -2.17. The molecule has 1 aromatic heterocycles. The van der Waals surface area contributed by atoms with Gasteiger partial charge in [-0.2, -0.15) is 0 Å². The summed E-state index contributed by atoms with van der Waals surface area (Å²) in [6.45, 7) is 0. The van der Waals surface area contributed by atoms with Crippen LogP contribution in [-0.4, -0.2) is 9.55 Å². The van der Waals surface area contributed by atoms with E-state index >= 15 is 0 Å². The molecule has 0 saturated carbocycles. The number of rotatable bonds is 1. The lowest BCUT2D eigenvalue weighted by Gasteiger charge is -2.27. The van der Waals surface area contributed by atoms with E-state index in [0.29, 0.717) is 6.04 Å². The Morgan fingerprint density at radius 2 is 1.74 bits per heavy atom. The highest BCUT2D eigenvalue weighted by atomic mass is 15.1. The Hall–Kier alpha value is -2.61. The number of hydrogen-bond acceptors (Lipinski definition) is 1.